The van der Waals surface area contributed by atoms with Gasteiger partial charge in [-0.1, -0.05) is 0 Å². The number of nitrogens with one attached hydrogen (secondary N) is 1. The Hall–Kier alpha value is -1.46. The summed E-state index contributed by atoms with van der Waals surface area (Å²) in [6, 6.07) is 5.19. The molecular formula is C13H19ClN2O3. The number of nitrogen functional groups attached to an aromatic ring is 1. The van der Waals surface area contributed by atoms with Crippen LogP contribution in [0, 0.1) is 0 Å². The molecule has 1 heterocycles. The van der Waals surface area contributed by atoms with Crippen molar-refractivity contribution >= 4 is 29.7 Å². The molecule has 1 amide bonds. The monoisotopic (exact) mass is 286 g/mol. The van der Waals surface area contributed by atoms with E-state index in [1.807, 2.05) is 0 Å². The maximum atomic E-state index is 11.8. The van der Waals surface area contributed by atoms with Gasteiger partial charge in [0.2, 0.25) is 5.91 Å². The van der Waals surface area contributed by atoms with E-state index in [4.69, 9.17) is 15.2 Å². The minimum atomic E-state index is -0.0496. The van der Waals surface area contributed by atoms with E-state index in [9.17, 15) is 4.79 Å². The smallest absolute Gasteiger partial charge is 0.226 e. The fourth-order valence-corrected chi connectivity index (χ4v) is 2.04. The summed E-state index contributed by atoms with van der Waals surface area (Å²) < 4.78 is 10.5. The van der Waals surface area contributed by atoms with Crippen LogP contribution in [0.1, 0.15) is 19.3 Å². The number of hydrogen-bond donors (Lipinski definition) is 2. The first kappa shape index (κ1) is 15.6. The van der Waals surface area contributed by atoms with E-state index in [0.717, 1.165) is 19.4 Å². The lowest BCUT2D eigenvalue weighted by molar-refractivity contribution is -0.118. The predicted octanol–water partition coefficient (Wildman–Crippen LogP) is 2.21. The van der Waals surface area contributed by atoms with Crippen LogP contribution in [0.5, 0.6) is 5.75 Å². The van der Waals surface area contributed by atoms with Crippen LogP contribution in [0.15, 0.2) is 18.2 Å². The van der Waals surface area contributed by atoms with Gasteiger partial charge in [-0.05, 0) is 31.0 Å². The van der Waals surface area contributed by atoms with E-state index in [-0.39, 0.29) is 24.4 Å². The molecule has 3 N–H and O–H groups in total. The van der Waals surface area contributed by atoms with Crippen molar-refractivity contribution in [3.8, 4) is 5.75 Å². The molecule has 106 valence electrons. The Bertz CT molecular complexity index is 434. The maximum absolute atomic E-state index is 11.8. The highest BCUT2D eigenvalue weighted by molar-refractivity contribution is 5.91. The zero-order chi connectivity index (χ0) is 13.0. The molecular weight excluding hydrogens is 268 g/mol. The van der Waals surface area contributed by atoms with Crippen molar-refractivity contribution < 1.29 is 14.3 Å². The number of hydrogen-bond acceptors (Lipinski definition) is 4. The molecule has 5 nitrogen and oxygen atoms in total. The van der Waals surface area contributed by atoms with Crippen molar-refractivity contribution in [1.29, 1.82) is 0 Å². The van der Waals surface area contributed by atoms with Gasteiger partial charge in [0, 0.05) is 12.3 Å². The molecule has 0 bridgehead atoms. The number of benzene rings is 1. The van der Waals surface area contributed by atoms with E-state index in [1.165, 1.54) is 0 Å². The van der Waals surface area contributed by atoms with Gasteiger partial charge < -0.3 is 20.5 Å². The Morgan fingerprint density at radius 1 is 1.58 bits per heavy atom. The van der Waals surface area contributed by atoms with Crippen LogP contribution >= 0.6 is 12.4 Å². The number of anilines is 2. The standard InChI is InChI=1S/C13H18N2O3.ClH/c1-17-12-5-4-9(7-11(12)14)15-13(16)8-10-3-2-6-18-10;/h4-5,7,10H,2-3,6,8,14H2,1H3,(H,15,16);1H. The van der Waals surface area contributed by atoms with Gasteiger partial charge >= 0.3 is 0 Å². The molecule has 1 fully saturated rings. The van der Waals surface area contributed by atoms with Crippen molar-refractivity contribution in [2.45, 2.75) is 25.4 Å². The van der Waals surface area contributed by atoms with Crippen LogP contribution in [0.4, 0.5) is 11.4 Å². The number of nitrogens with two attached hydrogens (primary N) is 1. The van der Waals surface area contributed by atoms with Crippen LogP contribution in [0.3, 0.4) is 0 Å². The second-order valence-electron chi connectivity index (χ2n) is 4.34. The highest BCUT2D eigenvalue weighted by Crippen LogP contribution is 2.25. The molecule has 0 aliphatic carbocycles. The van der Waals surface area contributed by atoms with Crippen molar-refractivity contribution in [2.75, 3.05) is 24.8 Å². The van der Waals surface area contributed by atoms with Crippen LogP contribution in [0.25, 0.3) is 0 Å². The Labute approximate surface area is 118 Å². The molecule has 2 rings (SSSR count). The van der Waals surface area contributed by atoms with E-state index >= 15 is 0 Å². The molecule has 1 aliphatic rings. The third-order valence-electron chi connectivity index (χ3n) is 2.95. The summed E-state index contributed by atoms with van der Waals surface area (Å²) in [6.07, 6.45) is 2.44. The van der Waals surface area contributed by atoms with Gasteiger partial charge in [-0.25, -0.2) is 0 Å². The van der Waals surface area contributed by atoms with E-state index in [0.29, 0.717) is 23.5 Å². The Morgan fingerprint density at radius 3 is 2.95 bits per heavy atom. The normalized spacial score (nSPS) is 17.6. The molecule has 1 aromatic carbocycles. The Kier molecular flexibility index (Phi) is 5.92. The number of methoxy groups -OCH3 is 1. The van der Waals surface area contributed by atoms with E-state index < -0.39 is 0 Å². The third-order valence-corrected chi connectivity index (χ3v) is 2.95. The summed E-state index contributed by atoms with van der Waals surface area (Å²) in [5, 5.41) is 2.81. The number of carbonyl (C=O) groups is 1. The number of rotatable bonds is 4. The summed E-state index contributed by atoms with van der Waals surface area (Å²) in [6.45, 7) is 0.757. The zero-order valence-corrected chi connectivity index (χ0v) is 11.7. The highest BCUT2D eigenvalue weighted by Gasteiger charge is 2.19. The van der Waals surface area contributed by atoms with Gasteiger partial charge in [0.05, 0.1) is 25.3 Å². The number of amides is 1. The average Bonchev–Trinajstić information content (AvgIpc) is 2.82. The van der Waals surface area contributed by atoms with Crippen molar-refractivity contribution in [1.82, 2.24) is 0 Å². The SMILES string of the molecule is COc1ccc(NC(=O)CC2CCCO2)cc1N.Cl. The van der Waals surface area contributed by atoms with Crippen LogP contribution < -0.4 is 15.8 Å². The summed E-state index contributed by atoms with van der Waals surface area (Å²) in [7, 11) is 1.56. The quantitative estimate of drug-likeness (QED) is 0.832. The van der Waals surface area contributed by atoms with Gasteiger partial charge in [0.25, 0.3) is 0 Å². The van der Waals surface area contributed by atoms with Gasteiger partial charge in [0.15, 0.2) is 0 Å². The lowest BCUT2D eigenvalue weighted by atomic mass is 10.1. The number of halogens is 1. The molecule has 0 saturated carbocycles. The molecule has 19 heavy (non-hydrogen) atoms. The second-order valence-corrected chi connectivity index (χ2v) is 4.34. The second kappa shape index (κ2) is 7.21. The van der Waals surface area contributed by atoms with Crippen LogP contribution in [0.2, 0.25) is 0 Å². The first-order valence-electron chi connectivity index (χ1n) is 6.04. The lowest BCUT2D eigenvalue weighted by Gasteiger charge is -2.11. The third kappa shape index (κ3) is 4.29. The van der Waals surface area contributed by atoms with E-state index in [1.54, 1.807) is 25.3 Å². The van der Waals surface area contributed by atoms with Crippen molar-refractivity contribution in [2.24, 2.45) is 0 Å². The summed E-state index contributed by atoms with van der Waals surface area (Å²) in [4.78, 5) is 11.8. The summed E-state index contributed by atoms with van der Waals surface area (Å²) >= 11 is 0. The van der Waals surface area contributed by atoms with Crippen LogP contribution in [-0.2, 0) is 9.53 Å². The predicted molar refractivity (Wildman–Crippen MR) is 76.9 cm³/mol. The first-order valence-corrected chi connectivity index (χ1v) is 6.04. The zero-order valence-electron chi connectivity index (χ0n) is 10.8. The molecule has 1 aromatic rings. The van der Waals surface area contributed by atoms with Crippen molar-refractivity contribution in [3.05, 3.63) is 18.2 Å². The van der Waals surface area contributed by atoms with Crippen molar-refractivity contribution in [3.63, 3.8) is 0 Å². The van der Waals surface area contributed by atoms with Gasteiger partial charge in [-0.2, -0.15) is 0 Å². The van der Waals surface area contributed by atoms with Crippen LogP contribution in [-0.4, -0.2) is 25.7 Å². The maximum Gasteiger partial charge on any atom is 0.226 e. The minimum absolute atomic E-state index is 0. The molecule has 6 heteroatoms. The van der Waals surface area contributed by atoms with Gasteiger partial charge in [-0.3, -0.25) is 4.79 Å². The van der Waals surface area contributed by atoms with Gasteiger partial charge in [-0.15, -0.1) is 12.4 Å². The minimum Gasteiger partial charge on any atom is -0.495 e. The number of carbonyl (C=O) groups excluding carboxylic acids is 1. The topological polar surface area (TPSA) is 73.6 Å². The Morgan fingerprint density at radius 2 is 2.37 bits per heavy atom. The first-order chi connectivity index (χ1) is 8.69. The fourth-order valence-electron chi connectivity index (χ4n) is 2.04. The molecule has 0 radical (unpaired) electrons. The Balaban J connectivity index is 0.00000180. The fraction of sp³-hybridized carbons (Fsp3) is 0.462. The van der Waals surface area contributed by atoms with Gasteiger partial charge in [0.1, 0.15) is 5.75 Å². The molecule has 0 spiro atoms. The molecule has 0 aromatic heterocycles. The molecule has 1 unspecified atom stereocenters. The molecule has 1 atom stereocenters. The molecule has 1 saturated heterocycles. The number of ether oxygens (including phenoxy) is 2. The average molecular weight is 287 g/mol. The lowest BCUT2D eigenvalue weighted by Crippen LogP contribution is -2.19. The summed E-state index contributed by atoms with van der Waals surface area (Å²) in [5.74, 6) is 0.554. The molecule has 1 aliphatic heterocycles. The summed E-state index contributed by atoms with van der Waals surface area (Å²) in [5.41, 5.74) is 6.95. The largest absolute Gasteiger partial charge is 0.495 e. The highest BCUT2D eigenvalue weighted by atomic mass is 35.5. The van der Waals surface area contributed by atoms with E-state index in [2.05, 4.69) is 5.32 Å².